The fraction of sp³-hybridized carbons (Fsp3) is 0.533. The van der Waals surface area contributed by atoms with Gasteiger partial charge in [-0.05, 0) is 31.0 Å². The zero-order valence-corrected chi connectivity index (χ0v) is 11.9. The number of hydrogen-bond donors (Lipinski definition) is 1. The van der Waals surface area contributed by atoms with Crippen molar-refractivity contribution in [1.29, 1.82) is 5.26 Å². The minimum absolute atomic E-state index is 0.116. The predicted octanol–water partition coefficient (Wildman–Crippen LogP) is 2.96. The molecule has 5 heteroatoms. The molecule has 0 aliphatic carbocycles. The van der Waals surface area contributed by atoms with Crippen LogP contribution in [-0.2, 0) is 9.47 Å². The van der Waals surface area contributed by atoms with Crippen molar-refractivity contribution in [3.05, 3.63) is 28.8 Å². The maximum absolute atomic E-state index is 8.85. The normalized spacial score (nSPS) is 29.3. The highest BCUT2D eigenvalue weighted by molar-refractivity contribution is 6.33. The molecule has 20 heavy (non-hydrogen) atoms. The molecule has 1 aromatic carbocycles. The van der Waals surface area contributed by atoms with Crippen LogP contribution in [0.1, 0.15) is 24.8 Å². The summed E-state index contributed by atoms with van der Waals surface area (Å²) < 4.78 is 11.4. The number of nitriles is 1. The summed E-state index contributed by atoms with van der Waals surface area (Å²) in [5, 5.41) is 12.9. The first-order chi connectivity index (χ1) is 9.71. The maximum Gasteiger partial charge on any atom is 0.0992 e. The number of nitrogens with zero attached hydrogens (tertiary/aromatic N) is 1. The van der Waals surface area contributed by atoms with E-state index in [-0.39, 0.29) is 5.60 Å². The van der Waals surface area contributed by atoms with Crippen LogP contribution in [0.15, 0.2) is 18.2 Å². The van der Waals surface area contributed by atoms with Gasteiger partial charge in [-0.15, -0.1) is 0 Å². The Labute approximate surface area is 123 Å². The second-order valence-corrected chi connectivity index (χ2v) is 5.88. The van der Waals surface area contributed by atoms with Gasteiger partial charge in [-0.2, -0.15) is 5.26 Å². The third kappa shape index (κ3) is 2.76. The first-order valence-electron chi connectivity index (χ1n) is 6.89. The van der Waals surface area contributed by atoms with Crippen molar-refractivity contribution in [2.45, 2.75) is 30.9 Å². The second kappa shape index (κ2) is 5.61. The van der Waals surface area contributed by atoms with Crippen molar-refractivity contribution >= 4 is 17.3 Å². The van der Waals surface area contributed by atoms with Crippen LogP contribution in [0, 0.1) is 11.3 Å². The van der Waals surface area contributed by atoms with Crippen molar-refractivity contribution in [1.82, 2.24) is 0 Å². The first kappa shape index (κ1) is 13.7. The molecule has 4 nitrogen and oxygen atoms in total. The van der Waals surface area contributed by atoms with Crippen LogP contribution < -0.4 is 5.32 Å². The molecule has 1 N–H and O–H groups in total. The highest BCUT2D eigenvalue weighted by Gasteiger charge is 2.41. The molecule has 0 bridgehead atoms. The van der Waals surface area contributed by atoms with Gasteiger partial charge in [0.2, 0.25) is 0 Å². The summed E-state index contributed by atoms with van der Waals surface area (Å²) in [5.74, 6) is 0. The smallest absolute Gasteiger partial charge is 0.0992 e. The first-order valence-corrected chi connectivity index (χ1v) is 7.26. The molecule has 2 atom stereocenters. The van der Waals surface area contributed by atoms with Crippen molar-refractivity contribution in [2.24, 2.45) is 0 Å². The van der Waals surface area contributed by atoms with E-state index in [2.05, 4.69) is 11.4 Å². The lowest BCUT2D eigenvalue weighted by atomic mass is 9.89. The summed E-state index contributed by atoms with van der Waals surface area (Å²) in [6.07, 6.45) is 2.85. The summed E-state index contributed by atoms with van der Waals surface area (Å²) in [7, 11) is 0. The molecule has 2 aliphatic heterocycles. The quantitative estimate of drug-likeness (QED) is 0.910. The predicted molar refractivity (Wildman–Crippen MR) is 76.9 cm³/mol. The topological polar surface area (TPSA) is 54.3 Å². The number of ether oxygens (including phenoxy) is 2. The Morgan fingerprint density at radius 2 is 2.30 bits per heavy atom. The molecular weight excluding hydrogens is 276 g/mol. The molecular formula is C15H17ClN2O2. The Bertz CT molecular complexity index is 535. The van der Waals surface area contributed by atoms with Gasteiger partial charge < -0.3 is 14.8 Å². The van der Waals surface area contributed by atoms with Gasteiger partial charge in [0.25, 0.3) is 0 Å². The SMILES string of the molecule is N#Cc1ccc(NC2CCOC3(CCOC3)C2)c(Cl)c1. The lowest BCUT2D eigenvalue weighted by Crippen LogP contribution is -2.44. The van der Waals surface area contributed by atoms with E-state index >= 15 is 0 Å². The monoisotopic (exact) mass is 292 g/mol. The molecule has 1 spiro atoms. The molecule has 2 heterocycles. The fourth-order valence-corrected chi connectivity index (χ4v) is 3.17. The van der Waals surface area contributed by atoms with Crippen molar-refractivity contribution in [3.8, 4) is 6.07 Å². The van der Waals surface area contributed by atoms with Gasteiger partial charge in [0.05, 0.1) is 34.6 Å². The van der Waals surface area contributed by atoms with Gasteiger partial charge in [-0.1, -0.05) is 11.6 Å². The molecule has 0 radical (unpaired) electrons. The van der Waals surface area contributed by atoms with Gasteiger partial charge in [-0.25, -0.2) is 0 Å². The van der Waals surface area contributed by atoms with E-state index in [9.17, 15) is 0 Å². The van der Waals surface area contributed by atoms with Gasteiger partial charge in [0.15, 0.2) is 0 Å². The molecule has 0 aromatic heterocycles. The van der Waals surface area contributed by atoms with Crippen molar-refractivity contribution in [3.63, 3.8) is 0 Å². The van der Waals surface area contributed by atoms with E-state index in [0.717, 1.165) is 38.2 Å². The van der Waals surface area contributed by atoms with E-state index in [4.69, 9.17) is 26.3 Å². The minimum Gasteiger partial charge on any atom is -0.381 e. The number of anilines is 1. The summed E-state index contributed by atoms with van der Waals surface area (Å²) in [4.78, 5) is 0. The number of benzene rings is 1. The van der Waals surface area contributed by atoms with Crippen LogP contribution in [0.5, 0.6) is 0 Å². The lowest BCUT2D eigenvalue weighted by Gasteiger charge is -2.37. The number of halogens is 1. The third-order valence-corrected chi connectivity index (χ3v) is 4.33. The molecule has 106 valence electrons. The summed E-state index contributed by atoms with van der Waals surface area (Å²) in [6, 6.07) is 7.76. The molecule has 0 saturated carbocycles. The molecule has 0 amide bonds. The Morgan fingerprint density at radius 1 is 1.40 bits per heavy atom. The Balaban J connectivity index is 1.70. The van der Waals surface area contributed by atoms with E-state index in [0.29, 0.717) is 23.2 Å². The summed E-state index contributed by atoms with van der Waals surface area (Å²) in [5.41, 5.74) is 1.34. The molecule has 1 aromatic rings. The van der Waals surface area contributed by atoms with Gasteiger partial charge >= 0.3 is 0 Å². The average molecular weight is 293 g/mol. The van der Waals surface area contributed by atoms with E-state index in [1.165, 1.54) is 0 Å². The number of nitrogens with one attached hydrogen (secondary N) is 1. The highest BCUT2D eigenvalue weighted by atomic mass is 35.5. The van der Waals surface area contributed by atoms with Gasteiger partial charge in [0.1, 0.15) is 0 Å². The maximum atomic E-state index is 8.85. The van der Waals surface area contributed by atoms with E-state index in [1.807, 2.05) is 6.07 Å². The summed E-state index contributed by atoms with van der Waals surface area (Å²) in [6.45, 7) is 2.21. The zero-order chi connectivity index (χ0) is 14.0. The van der Waals surface area contributed by atoms with Crippen LogP contribution in [0.4, 0.5) is 5.69 Å². The molecule has 2 unspecified atom stereocenters. The molecule has 2 saturated heterocycles. The number of rotatable bonds is 2. The van der Waals surface area contributed by atoms with Crippen LogP contribution in [0.2, 0.25) is 5.02 Å². The van der Waals surface area contributed by atoms with Crippen LogP contribution >= 0.6 is 11.6 Å². The zero-order valence-electron chi connectivity index (χ0n) is 11.2. The number of hydrogen-bond acceptors (Lipinski definition) is 4. The van der Waals surface area contributed by atoms with Crippen LogP contribution in [0.3, 0.4) is 0 Å². The Hall–Kier alpha value is -1.28. The van der Waals surface area contributed by atoms with Crippen molar-refractivity contribution in [2.75, 3.05) is 25.1 Å². The summed E-state index contributed by atoms with van der Waals surface area (Å²) >= 11 is 6.21. The van der Waals surface area contributed by atoms with Crippen molar-refractivity contribution < 1.29 is 9.47 Å². The highest BCUT2D eigenvalue weighted by Crippen LogP contribution is 2.35. The Kier molecular flexibility index (Phi) is 3.84. The molecule has 2 aliphatic rings. The minimum atomic E-state index is -0.116. The standard InChI is InChI=1S/C15H17ClN2O2/c16-13-7-11(9-17)1-2-14(13)18-12-3-5-20-15(8-12)4-6-19-10-15/h1-2,7,12,18H,3-6,8,10H2. The lowest BCUT2D eigenvalue weighted by molar-refractivity contribution is -0.0828. The van der Waals surface area contributed by atoms with Gasteiger partial charge in [0, 0.05) is 25.7 Å². The fourth-order valence-electron chi connectivity index (χ4n) is 2.94. The molecule has 3 rings (SSSR count). The second-order valence-electron chi connectivity index (χ2n) is 5.47. The third-order valence-electron chi connectivity index (χ3n) is 4.02. The largest absolute Gasteiger partial charge is 0.381 e. The molecule has 2 fully saturated rings. The van der Waals surface area contributed by atoms with E-state index < -0.39 is 0 Å². The average Bonchev–Trinajstić information content (AvgIpc) is 2.89. The van der Waals surface area contributed by atoms with Gasteiger partial charge in [-0.3, -0.25) is 0 Å². The Morgan fingerprint density at radius 3 is 3.00 bits per heavy atom. The van der Waals surface area contributed by atoms with E-state index in [1.54, 1.807) is 12.1 Å². The van der Waals surface area contributed by atoms with Crippen LogP contribution in [0.25, 0.3) is 0 Å². The van der Waals surface area contributed by atoms with Crippen LogP contribution in [-0.4, -0.2) is 31.5 Å².